The Kier molecular flexibility index (Phi) is 8.40. The molecule has 2 aromatic carbocycles. The summed E-state index contributed by atoms with van der Waals surface area (Å²) in [6.07, 6.45) is 3.03. The number of aromatic nitrogens is 1. The molecule has 1 N–H and O–H groups in total. The molecule has 0 fully saturated rings. The van der Waals surface area contributed by atoms with Crippen LogP contribution in [0.1, 0.15) is 67.0 Å². The molecule has 32 heavy (non-hydrogen) atoms. The van der Waals surface area contributed by atoms with E-state index in [2.05, 4.69) is 36.3 Å². The van der Waals surface area contributed by atoms with Gasteiger partial charge >= 0.3 is 0 Å². The zero-order valence-electron chi connectivity index (χ0n) is 19.4. The third-order valence-electron chi connectivity index (χ3n) is 5.13. The van der Waals surface area contributed by atoms with Crippen molar-refractivity contribution in [1.29, 1.82) is 0 Å². The minimum Gasteiger partial charge on any atom is -0.457 e. The van der Waals surface area contributed by atoms with Gasteiger partial charge in [-0.2, -0.15) is 0 Å². The molecule has 0 saturated heterocycles. The third-order valence-corrected chi connectivity index (χ3v) is 5.13. The first-order chi connectivity index (χ1) is 15.5. The highest BCUT2D eigenvalue weighted by Crippen LogP contribution is 2.25. The Morgan fingerprint density at radius 3 is 2.47 bits per heavy atom. The number of pyridine rings is 1. The van der Waals surface area contributed by atoms with E-state index in [0.29, 0.717) is 29.3 Å². The van der Waals surface area contributed by atoms with Crippen molar-refractivity contribution in [3.8, 4) is 11.5 Å². The average Bonchev–Trinajstić information content (AvgIpc) is 2.79. The minimum absolute atomic E-state index is 0.101. The zero-order chi connectivity index (χ0) is 22.9. The predicted molar refractivity (Wildman–Crippen MR) is 129 cm³/mol. The van der Waals surface area contributed by atoms with Crippen molar-refractivity contribution in [1.82, 2.24) is 4.98 Å². The fourth-order valence-corrected chi connectivity index (χ4v) is 3.41. The summed E-state index contributed by atoms with van der Waals surface area (Å²) < 4.78 is 11.7. The van der Waals surface area contributed by atoms with Gasteiger partial charge in [-0.3, -0.25) is 9.78 Å². The number of hydrogen-bond donors (Lipinski definition) is 1. The maximum Gasteiger partial charge on any atom is 0.257 e. The van der Waals surface area contributed by atoms with Crippen LogP contribution in [0.25, 0.3) is 0 Å². The molecule has 1 heterocycles. The summed E-state index contributed by atoms with van der Waals surface area (Å²) in [6.45, 7) is 8.73. The van der Waals surface area contributed by atoms with Gasteiger partial charge in [-0.15, -0.1) is 0 Å². The van der Waals surface area contributed by atoms with Crippen LogP contribution in [0.4, 0.5) is 5.69 Å². The lowest BCUT2D eigenvalue weighted by atomic mass is 10.1. The lowest BCUT2D eigenvalue weighted by Gasteiger charge is -2.14. The highest BCUT2D eigenvalue weighted by Gasteiger charge is 2.14. The SMILES string of the molecule is CCCOC(C)c1ccc(C(=O)Nc2cccc(Oc3ccc(CCC)cc3)c2)c(C)n1. The molecule has 1 aromatic heterocycles. The number of hydrogen-bond acceptors (Lipinski definition) is 4. The monoisotopic (exact) mass is 432 g/mol. The van der Waals surface area contributed by atoms with Gasteiger partial charge in [-0.1, -0.05) is 38.5 Å². The molecule has 5 heteroatoms. The lowest BCUT2D eigenvalue weighted by Crippen LogP contribution is -2.15. The van der Waals surface area contributed by atoms with Gasteiger partial charge in [0.15, 0.2) is 0 Å². The molecule has 1 unspecified atom stereocenters. The second-order valence-electron chi connectivity index (χ2n) is 7.86. The van der Waals surface area contributed by atoms with Crippen molar-refractivity contribution in [2.45, 2.75) is 53.1 Å². The Balaban J connectivity index is 1.66. The normalized spacial score (nSPS) is 11.8. The molecule has 5 nitrogen and oxygen atoms in total. The van der Waals surface area contributed by atoms with Crippen LogP contribution in [0.3, 0.4) is 0 Å². The third kappa shape index (κ3) is 6.41. The Bertz CT molecular complexity index is 1030. The number of anilines is 1. The molecule has 0 spiro atoms. The summed E-state index contributed by atoms with van der Waals surface area (Å²) in [5.74, 6) is 1.23. The van der Waals surface area contributed by atoms with E-state index in [0.717, 1.165) is 30.7 Å². The number of aryl methyl sites for hydroxylation is 2. The molecule has 0 aliphatic rings. The largest absolute Gasteiger partial charge is 0.457 e. The molecule has 0 radical (unpaired) electrons. The van der Waals surface area contributed by atoms with E-state index in [1.807, 2.05) is 56.3 Å². The maximum absolute atomic E-state index is 12.8. The van der Waals surface area contributed by atoms with E-state index in [4.69, 9.17) is 9.47 Å². The standard InChI is InChI=1S/C27H32N2O3/c1-5-8-21-11-13-23(14-12-21)32-24-10-7-9-22(18-24)29-27(30)25-15-16-26(28-19(25)3)20(4)31-17-6-2/h7,9-16,18,20H,5-6,8,17H2,1-4H3,(H,29,30). The topological polar surface area (TPSA) is 60.5 Å². The Morgan fingerprint density at radius 1 is 1.00 bits per heavy atom. The molecule has 3 aromatic rings. The molecule has 3 rings (SSSR count). The van der Waals surface area contributed by atoms with Crippen molar-refractivity contribution in [3.63, 3.8) is 0 Å². The minimum atomic E-state index is -0.204. The van der Waals surface area contributed by atoms with E-state index in [-0.39, 0.29) is 12.0 Å². The smallest absolute Gasteiger partial charge is 0.257 e. The second-order valence-corrected chi connectivity index (χ2v) is 7.86. The molecule has 0 saturated carbocycles. The Morgan fingerprint density at radius 2 is 1.78 bits per heavy atom. The van der Waals surface area contributed by atoms with Crippen molar-refractivity contribution >= 4 is 11.6 Å². The van der Waals surface area contributed by atoms with Gasteiger partial charge in [-0.25, -0.2) is 0 Å². The van der Waals surface area contributed by atoms with Crippen LogP contribution in [-0.4, -0.2) is 17.5 Å². The van der Waals surface area contributed by atoms with E-state index in [9.17, 15) is 4.79 Å². The molecule has 1 amide bonds. The molecule has 168 valence electrons. The van der Waals surface area contributed by atoms with Gasteiger partial charge in [0.05, 0.1) is 23.1 Å². The number of benzene rings is 2. The van der Waals surface area contributed by atoms with Gasteiger partial charge in [0.1, 0.15) is 11.5 Å². The number of nitrogens with zero attached hydrogens (tertiary/aromatic N) is 1. The molecule has 0 aliphatic heterocycles. The highest BCUT2D eigenvalue weighted by atomic mass is 16.5. The van der Waals surface area contributed by atoms with Crippen molar-refractivity contribution in [2.75, 3.05) is 11.9 Å². The lowest BCUT2D eigenvalue weighted by molar-refractivity contribution is 0.0632. The molecule has 0 bridgehead atoms. The van der Waals surface area contributed by atoms with E-state index in [1.54, 1.807) is 6.07 Å². The van der Waals surface area contributed by atoms with Gasteiger partial charge in [0.2, 0.25) is 0 Å². The fraction of sp³-hybridized carbons (Fsp3) is 0.333. The number of amides is 1. The van der Waals surface area contributed by atoms with Crippen LogP contribution in [-0.2, 0) is 11.2 Å². The van der Waals surface area contributed by atoms with Crippen LogP contribution in [0.15, 0.2) is 60.7 Å². The van der Waals surface area contributed by atoms with Crippen molar-refractivity contribution in [3.05, 3.63) is 83.2 Å². The molecule has 0 aliphatic carbocycles. The van der Waals surface area contributed by atoms with Gasteiger partial charge in [-0.05, 0) is 68.7 Å². The van der Waals surface area contributed by atoms with Crippen molar-refractivity contribution in [2.24, 2.45) is 0 Å². The van der Waals surface area contributed by atoms with Gasteiger partial charge in [0.25, 0.3) is 5.91 Å². The van der Waals surface area contributed by atoms with E-state index < -0.39 is 0 Å². The number of nitrogens with one attached hydrogen (secondary N) is 1. The Hall–Kier alpha value is -3.18. The van der Waals surface area contributed by atoms with Crippen LogP contribution >= 0.6 is 0 Å². The van der Waals surface area contributed by atoms with Crippen LogP contribution < -0.4 is 10.1 Å². The maximum atomic E-state index is 12.8. The van der Waals surface area contributed by atoms with E-state index >= 15 is 0 Å². The van der Waals surface area contributed by atoms with Gasteiger partial charge in [0, 0.05) is 18.4 Å². The average molecular weight is 433 g/mol. The summed E-state index contributed by atoms with van der Waals surface area (Å²) in [5.41, 5.74) is 3.99. The highest BCUT2D eigenvalue weighted by molar-refractivity contribution is 6.05. The summed E-state index contributed by atoms with van der Waals surface area (Å²) >= 11 is 0. The molecule has 1 atom stereocenters. The van der Waals surface area contributed by atoms with Crippen molar-refractivity contribution < 1.29 is 14.3 Å². The number of carbonyl (C=O) groups excluding carboxylic acids is 1. The predicted octanol–water partition coefficient (Wildman–Crippen LogP) is 6.87. The number of rotatable bonds is 10. The first-order valence-electron chi connectivity index (χ1n) is 11.3. The van der Waals surface area contributed by atoms with E-state index in [1.165, 1.54) is 5.56 Å². The second kappa shape index (κ2) is 11.4. The first kappa shape index (κ1) is 23.5. The Labute approximate surface area is 190 Å². The van der Waals surface area contributed by atoms with Crippen LogP contribution in [0.2, 0.25) is 0 Å². The first-order valence-corrected chi connectivity index (χ1v) is 11.3. The summed E-state index contributed by atoms with van der Waals surface area (Å²) in [7, 11) is 0. The molecular formula is C27H32N2O3. The van der Waals surface area contributed by atoms with Gasteiger partial charge < -0.3 is 14.8 Å². The van der Waals surface area contributed by atoms with Crippen LogP contribution in [0, 0.1) is 6.92 Å². The summed E-state index contributed by atoms with van der Waals surface area (Å²) in [6, 6.07) is 19.1. The molecular weight excluding hydrogens is 400 g/mol. The summed E-state index contributed by atoms with van der Waals surface area (Å²) in [4.78, 5) is 17.4. The fourth-order valence-electron chi connectivity index (χ4n) is 3.41. The number of carbonyl (C=O) groups is 1. The summed E-state index contributed by atoms with van der Waals surface area (Å²) in [5, 5.41) is 2.94. The quantitative estimate of drug-likeness (QED) is 0.379. The zero-order valence-corrected chi connectivity index (χ0v) is 19.4. The van der Waals surface area contributed by atoms with Crippen LogP contribution in [0.5, 0.6) is 11.5 Å². The number of ether oxygens (including phenoxy) is 2.